The van der Waals surface area contributed by atoms with E-state index in [9.17, 15) is 4.79 Å². The van der Waals surface area contributed by atoms with E-state index in [1.165, 1.54) is 0 Å². The van der Waals surface area contributed by atoms with E-state index < -0.39 is 0 Å². The van der Waals surface area contributed by atoms with Gasteiger partial charge in [0, 0.05) is 32.4 Å². The van der Waals surface area contributed by atoms with Crippen LogP contribution in [0.1, 0.15) is 0 Å². The number of urea groups is 1. The molecule has 3 rings (SSSR count). The van der Waals surface area contributed by atoms with Gasteiger partial charge < -0.3 is 20.9 Å². The maximum atomic E-state index is 11.5. The minimum absolute atomic E-state index is 0.0307. The number of anilines is 2. The Bertz CT molecular complexity index is 450. The van der Waals surface area contributed by atoms with Gasteiger partial charge in [-0.05, 0) is 6.07 Å². The molecule has 1 unspecified atom stereocenters. The Hall–Kier alpha value is -2.05. The van der Waals surface area contributed by atoms with E-state index in [1.807, 2.05) is 4.90 Å². The first-order valence-electron chi connectivity index (χ1n) is 5.62. The fourth-order valence-corrected chi connectivity index (χ4v) is 2.30. The number of nitrogens with two attached hydrogens (primary N) is 1. The number of hydrogen-bond donors (Lipinski definition) is 2. The maximum absolute atomic E-state index is 11.5. The Morgan fingerprint density at radius 3 is 3.18 bits per heavy atom. The molecule has 1 aromatic rings. The van der Waals surface area contributed by atoms with Crippen LogP contribution in [0.3, 0.4) is 0 Å². The third-order valence-corrected chi connectivity index (χ3v) is 3.18. The molecule has 0 radical (unpaired) electrons. The Morgan fingerprint density at radius 2 is 2.35 bits per heavy atom. The number of fused-ring (bicyclic) bond motifs is 1. The van der Waals surface area contributed by atoms with Crippen molar-refractivity contribution < 1.29 is 4.79 Å². The summed E-state index contributed by atoms with van der Waals surface area (Å²) < 4.78 is 0. The molecule has 90 valence electrons. The highest BCUT2D eigenvalue weighted by Crippen LogP contribution is 2.18. The van der Waals surface area contributed by atoms with Crippen LogP contribution < -0.4 is 16.0 Å². The molecule has 2 amide bonds. The van der Waals surface area contributed by atoms with Crippen LogP contribution in [-0.4, -0.2) is 53.1 Å². The quantitative estimate of drug-likeness (QED) is 0.669. The van der Waals surface area contributed by atoms with Gasteiger partial charge in [0.25, 0.3) is 0 Å². The first-order chi connectivity index (χ1) is 8.24. The topological polar surface area (TPSA) is 87.4 Å². The number of rotatable bonds is 1. The fourth-order valence-electron chi connectivity index (χ4n) is 2.30. The van der Waals surface area contributed by atoms with Crippen LogP contribution in [-0.2, 0) is 0 Å². The summed E-state index contributed by atoms with van der Waals surface area (Å²) in [4.78, 5) is 23.8. The fraction of sp³-hybridized carbons (Fsp3) is 0.500. The minimum Gasteiger partial charge on any atom is -0.384 e. The average Bonchev–Trinajstić information content (AvgIpc) is 2.71. The highest BCUT2D eigenvalue weighted by molar-refractivity contribution is 5.77. The number of amides is 2. The number of nitrogens with one attached hydrogen (secondary N) is 1. The Kier molecular flexibility index (Phi) is 2.24. The lowest BCUT2D eigenvalue weighted by molar-refractivity contribution is 0.197. The van der Waals surface area contributed by atoms with Gasteiger partial charge in [-0.1, -0.05) is 0 Å². The maximum Gasteiger partial charge on any atom is 0.317 e. The molecule has 3 heterocycles. The summed E-state index contributed by atoms with van der Waals surface area (Å²) in [6.45, 7) is 2.89. The van der Waals surface area contributed by atoms with Crippen molar-refractivity contribution in [1.82, 2.24) is 20.2 Å². The smallest absolute Gasteiger partial charge is 0.317 e. The van der Waals surface area contributed by atoms with Crippen molar-refractivity contribution in [2.24, 2.45) is 0 Å². The van der Waals surface area contributed by atoms with Crippen molar-refractivity contribution in [2.75, 3.05) is 36.8 Å². The van der Waals surface area contributed by atoms with Gasteiger partial charge >= 0.3 is 6.03 Å². The van der Waals surface area contributed by atoms with E-state index in [4.69, 9.17) is 5.73 Å². The molecule has 1 atom stereocenters. The van der Waals surface area contributed by atoms with E-state index >= 15 is 0 Å². The summed E-state index contributed by atoms with van der Waals surface area (Å²) >= 11 is 0. The van der Waals surface area contributed by atoms with Crippen LogP contribution in [0.25, 0.3) is 0 Å². The molecule has 2 aliphatic heterocycles. The van der Waals surface area contributed by atoms with E-state index in [2.05, 4.69) is 20.2 Å². The molecule has 7 heteroatoms. The molecule has 1 aromatic heterocycles. The van der Waals surface area contributed by atoms with Gasteiger partial charge in [-0.3, -0.25) is 0 Å². The second-order valence-corrected chi connectivity index (χ2v) is 4.26. The Labute approximate surface area is 98.6 Å². The molecule has 0 bridgehead atoms. The third kappa shape index (κ3) is 1.73. The minimum atomic E-state index is 0.0307. The first kappa shape index (κ1) is 10.1. The van der Waals surface area contributed by atoms with E-state index in [1.54, 1.807) is 12.3 Å². The highest BCUT2D eigenvalue weighted by Gasteiger charge is 2.36. The van der Waals surface area contributed by atoms with Crippen LogP contribution >= 0.6 is 0 Å². The second-order valence-electron chi connectivity index (χ2n) is 4.26. The van der Waals surface area contributed by atoms with Gasteiger partial charge in [0.15, 0.2) is 0 Å². The lowest BCUT2D eigenvalue weighted by Gasteiger charge is -2.36. The standard InChI is InChI=1S/C10H14N6O/c11-8-1-2-12-9(14-8)15-3-4-16-7(6-15)5-13-10(16)17/h1-2,7H,3-6H2,(H,13,17)(H2,11,12,14). The summed E-state index contributed by atoms with van der Waals surface area (Å²) in [6.07, 6.45) is 1.65. The molecule has 17 heavy (non-hydrogen) atoms. The van der Waals surface area contributed by atoms with Crippen LogP contribution in [0.4, 0.5) is 16.6 Å². The van der Waals surface area contributed by atoms with Gasteiger partial charge in [-0.15, -0.1) is 0 Å². The van der Waals surface area contributed by atoms with Crippen LogP contribution in [0.15, 0.2) is 12.3 Å². The molecule has 0 spiro atoms. The molecule has 0 saturated carbocycles. The summed E-state index contributed by atoms with van der Waals surface area (Å²) in [6, 6.07) is 1.91. The van der Waals surface area contributed by atoms with Gasteiger partial charge in [0.2, 0.25) is 5.95 Å². The molecule has 7 nitrogen and oxygen atoms in total. The van der Waals surface area contributed by atoms with Crippen molar-refractivity contribution in [3.63, 3.8) is 0 Å². The average molecular weight is 234 g/mol. The van der Waals surface area contributed by atoms with Crippen LogP contribution in [0.5, 0.6) is 0 Å². The van der Waals surface area contributed by atoms with Crippen LogP contribution in [0, 0.1) is 0 Å². The molecule has 2 fully saturated rings. The van der Waals surface area contributed by atoms with Crippen molar-refractivity contribution >= 4 is 17.8 Å². The third-order valence-electron chi connectivity index (χ3n) is 3.18. The zero-order valence-electron chi connectivity index (χ0n) is 9.33. The summed E-state index contributed by atoms with van der Waals surface area (Å²) in [5.41, 5.74) is 5.64. The zero-order valence-corrected chi connectivity index (χ0v) is 9.33. The van der Waals surface area contributed by atoms with Crippen molar-refractivity contribution in [1.29, 1.82) is 0 Å². The van der Waals surface area contributed by atoms with Gasteiger partial charge in [-0.2, -0.15) is 4.98 Å². The predicted octanol–water partition coefficient (Wildman–Crippen LogP) is -0.727. The molecule has 2 aliphatic rings. The SMILES string of the molecule is Nc1ccnc(N2CCN3C(=O)NCC3C2)n1. The molecule has 2 saturated heterocycles. The largest absolute Gasteiger partial charge is 0.384 e. The van der Waals surface area contributed by atoms with Crippen LogP contribution in [0.2, 0.25) is 0 Å². The predicted molar refractivity (Wildman–Crippen MR) is 62.6 cm³/mol. The first-order valence-corrected chi connectivity index (χ1v) is 5.62. The molecular formula is C10H14N6O. The summed E-state index contributed by atoms with van der Waals surface area (Å²) in [5, 5.41) is 2.84. The number of piperazine rings is 1. The number of nitrogen functional groups attached to an aromatic ring is 1. The lowest BCUT2D eigenvalue weighted by Crippen LogP contribution is -2.52. The summed E-state index contributed by atoms with van der Waals surface area (Å²) in [5.74, 6) is 1.11. The Morgan fingerprint density at radius 1 is 1.47 bits per heavy atom. The van der Waals surface area contributed by atoms with Crippen molar-refractivity contribution in [3.8, 4) is 0 Å². The van der Waals surface area contributed by atoms with Gasteiger partial charge in [-0.25, -0.2) is 9.78 Å². The number of nitrogens with zero attached hydrogens (tertiary/aromatic N) is 4. The number of hydrogen-bond acceptors (Lipinski definition) is 5. The van der Waals surface area contributed by atoms with Crippen molar-refractivity contribution in [2.45, 2.75) is 6.04 Å². The summed E-state index contributed by atoms with van der Waals surface area (Å²) in [7, 11) is 0. The molecule has 0 aromatic carbocycles. The van der Waals surface area contributed by atoms with Gasteiger partial charge in [0.05, 0.1) is 6.04 Å². The Balaban J connectivity index is 1.77. The normalized spacial score (nSPS) is 23.5. The van der Waals surface area contributed by atoms with E-state index in [0.717, 1.165) is 13.1 Å². The molecular weight excluding hydrogens is 220 g/mol. The number of carbonyl (C=O) groups is 1. The van der Waals surface area contributed by atoms with Crippen molar-refractivity contribution in [3.05, 3.63) is 12.3 Å². The second kappa shape index (κ2) is 3.76. The molecule has 0 aliphatic carbocycles. The lowest BCUT2D eigenvalue weighted by atomic mass is 10.2. The highest BCUT2D eigenvalue weighted by atomic mass is 16.2. The number of aromatic nitrogens is 2. The number of carbonyl (C=O) groups excluding carboxylic acids is 1. The molecule has 3 N–H and O–H groups in total. The van der Waals surface area contributed by atoms with E-state index in [-0.39, 0.29) is 12.1 Å². The monoisotopic (exact) mass is 234 g/mol. The zero-order chi connectivity index (χ0) is 11.8. The van der Waals surface area contributed by atoms with Gasteiger partial charge in [0.1, 0.15) is 5.82 Å². The van der Waals surface area contributed by atoms with E-state index in [0.29, 0.717) is 24.9 Å².